The lowest BCUT2D eigenvalue weighted by atomic mass is 9.98. The highest BCUT2D eigenvalue weighted by molar-refractivity contribution is 7.90. The number of hydrogen-bond acceptors (Lipinski definition) is 3. The fraction of sp³-hybridized carbons (Fsp3) is 0.571. The molecule has 21 heavy (non-hydrogen) atoms. The minimum atomic E-state index is -4.39. The summed E-state index contributed by atoms with van der Waals surface area (Å²) in [6.07, 6.45) is -1.85. The molecule has 1 aromatic rings. The molecule has 1 aliphatic rings. The molecule has 1 aliphatic heterocycles. The first-order valence-electron chi connectivity index (χ1n) is 6.76. The van der Waals surface area contributed by atoms with E-state index in [0.29, 0.717) is 13.0 Å². The van der Waals surface area contributed by atoms with E-state index in [1.54, 1.807) is 6.07 Å². The van der Waals surface area contributed by atoms with Gasteiger partial charge in [-0.15, -0.1) is 0 Å². The van der Waals surface area contributed by atoms with Gasteiger partial charge in [-0.2, -0.15) is 13.2 Å². The molecule has 3 nitrogen and oxygen atoms in total. The van der Waals surface area contributed by atoms with Crippen molar-refractivity contribution in [2.24, 2.45) is 0 Å². The van der Waals surface area contributed by atoms with Gasteiger partial charge in [0.2, 0.25) is 0 Å². The molecule has 118 valence electrons. The molecule has 1 saturated heterocycles. The van der Waals surface area contributed by atoms with Gasteiger partial charge in [0.1, 0.15) is 9.84 Å². The summed E-state index contributed by atoms with van der Waals surface area (Å²) in [6.45, 7) is 0.905. The third-order valence-electron chi connectivity index (χ3n) is 3.74. The SMILES string of the molecule is CS(=O)(=O)CCN1CCCC1c1ccccc1C(F)(F)F. The summed E-state index contributed by atoms with van der Waals surface area (Å²) in [4.78, 5) is 1.84. The van der Waals surface area contributed by atoms with E-state index in [-0.39, 0.29) is 23.9 Å². The monoisotopic (exact) mass is 321 g/mol. The minimum Gasteiger partial charge on any atom is -0.295 e. The van der Waals surface area contributed by atoms with Gasteiger partial charge in [-0.05, 0) is 31.0 Å². The number of halogens is 3. The van der Waals surface area contributed by atoms with Gasteiger partial charge in [0.25, 0.3) is 0 Å². The van der Waals surface area contributed by atoms with Crippen molar-refractivity contribution in [2.75, 3.05) is 25.1 Å². The van der Waals surface area contributed by atoms with Crippen molar-refractivity contribution in [3.63, 3.8) is 0 Å². The molecule has 0 aliphatic carbocycles. The highest BCUT2D eigenvalue weighted by atomic mass is 32.2. The van der Waals surface area contributed by atoms with Crippen LogP contribution in [0.25, 0.3) is 0 Å². The number of rotatable bonds is 4. The van der Waals surface area contributed by atoms with Gasteiger partial charge in [-0.3, -0.25) is 4.90 Å². The van der Waals surface area contributed by atoms with E-state index in [1.807, 2.05) is 4.90 Å². The molecule has 2 rings (SSSR count). The predicted molar refractivity (Wildman–Crippen MR) is 74.7 cm³/mol. The number of sulfone groups is 1. The Morgan fingerprint density at radius 3 is 2.57 bits per heavy atom. The number of hydrogen-bond donors (Lipinski definition) is 0. The van der Waals surface area contributed by atoms with Crippen LogP contribution in [0, 0.1) is 0 Å². The van der Waals surface area contributed by atoms with Gasteiger partial charge in [0, 0.05) is 18.8 Å². The summed E-state index contributed by atoms with van der Waals surface area (Å²) in [7, 11) is -3.12. The Bertz CT molecular complexity index is 598. The third-order valence-corrected chi connectivity index (χ3v) is 4.66. The van der Waals surface area contributed by atoms with Gasteiger partial charge in [0.15, 0.2) is 0 Å². The van der Waals surface area contributed by atoms with Gasteiger partial charge >= 0.3 is 6.18 Å². The molecule has 0 aromatic heterocycles. The highest BCUT2D eigenvalue weighted by Crippen LogP contribution is 2.40. The Labute approximate surface area is 122 Å². The van der Waals surface area contributed by atoms with Crippen LogP contribution in [0.5, 0.6) is 0 Å². The molecule has 1 unspecified atom stereocenters. The van der Waals surface area contributed by atoms with Gasteiger partial charge in [-0.1, -0.05) is 18.2 Å². The van der Waals surface area contributed by atoms with Crippen LogP contribution in [-0.2, 0) is 16.0 Å². The van der Waals surface area contributed by atoms with Crippen LogP contribution in [0.15, 0.2) is 24.3 Å². The number of nitrogens with zero attached hydrogens (tertiary/aromatic N) is 1. The van der Waals surface area contributed by atoms with Gasteiger partial charge in [0.05, 0.1) is 11.3 Å². The van der Waals surface area contributed by atoms with Crippen molar-refractivity contribution in [3.8, 4) is 0 Å². The van der Waals surface area contributed by atoms with Crippen molar-refractivity contribution in [3.05, 3.63) is 35.4 Å². The fourth-order valence-electron chi connectivity index (χ4n) is 2.77. The molecule has 0 N–H and O–H groups in total. The first-order valence-corrected chi connectivity index (χ1v) is 8.82. The van der Waals surface area contributed by atoms with E-state index in [2.05, 4.69) is 0 Å². The van der Waals surface area contributed by atoms with Gasteiger partial charge < -0.3 is 0 Å². The van der Waals surface area contributed by atoms with E-state index in [0.717, 1.165) is 18.7 Å². The zero-order chi connectivity index (χ0) is 15.7. The zero-order valence-corrected chi connectivity index (χ0v) is 12.5. The smallest absolute Gasteiger partial charge is 0.295 e. The van der Waals surface area contributed by atoms with Crippen LogP contribution in [0.1, 0.15) is 30.0 Å². The van der Waals surface area contributed by atoms with Crippen molar-refractivity contribution in [1.82, 2.24) is 4.90 Å². The lowest BCUT2D eigenvalue weighted by Crippen LogP contribution is -2.30. The van der Waals surface area contributed by atoms with Crippen LogP contribution < -0.4 is 0 Å². The Morgan fingerprint density at radius 2 is 1.95 bits per heavy atom. The topological polar surface area (TPSA) is 37.4 Å². The average Bonchev–Trinajstić information content (AvgIpc) is 2.82. The van der Waals surface area contributed by atoms with E-state index >= 15 is 0 Å². The molecule has 0 saturated carbocycles. The Morgan fingerprint density at radius 1 is 1.29 bits per heavy atom. The molecule has 0 bridgehead atoms. The summed E-state index contributed by atoms with van der Waals surface area (Å²) in [5, 5.41) is 0. The molecule has 1 aromatic carbocycles. The maximum atomic E-state index is 13.1. The molecule has 1 heterocycles. The second-order valence-corrected chi connectivity index (χ2v) is 7.67. The maximum Gasteiger partial charge on any atom is 0.416 e. The Kier molecular flexibility index (Phi) is 4.63. The number of benzene rings is 1. The summed E-state index contributed by atoms with van der Waals surface area (Å²) >= 11 is 0. The van der Waals surface area contributed by atoms with Crippen molar-refractivity contribution < 1.29 is 21.6 Å². The first kappa shape index (κ1) is 16.3. The van der Waals surface area contributed by atoms with E-state index < -0.39 is 21.6 Å². The normalized spacial score (nSPS) is 20.9. The average molecular weight is 321 g/mol. The molecule has 0 radical (unpaired) electrons. The molecule has 7 heteroatoms. The quantitative estimate of drug-likeness (QED) is 0.856. The van der Waals surface area contributed by atoms with Crippen LogP contribution in [0.3, 0.4) is 0 Å². The zero-order valence-electron chi connectivity index (χ0n) is 11.7. The first-order chi connectivity index (χ1) is 9.68. The molecular weight excluding hydrogens is 303 g/mol. The van der Waals surface area contributed by atoms with Crippen LogP contribution in [0.2, 0.25) is 0 Å². The summed E-state index contributed by atoms with van der Waals surface area (Å²) in [6, 6.07) is 5.19. The number of likely N-dealkylation sites (tertiary alicyclic amines) is 1. The molecule has 0 spiro atoms. The second kappa shape index (κ2) is 5.96. The lowest BCUT2D eigenvalue weighted by molar-refractivity contribution is -0.138. The minimum absolute atomic E-state index is 0.0301. The van der Waals surface area contributed by atoms with Crippen LogP contribution in [-0.4, -0.2) is 38.4 Å². The van der Waals surface area contributed by atoms with Crippen LogP contribution in [0.4, 0.5) is 13.2 Å². The summed E-state index contributed by atoms with van der Waals surface area (Å²) in [5.74, 6) is -0.0301. The molecule has 1 atom stereocenters. The molecule has 1 fully saturated rings. The van der Waals surface area contributed by atoms with Crippen LogP contribution >= 0.6 is 0 Å². The van der Waals surface area contributed by atoms with Crippen molar-refractivity contribution in [1.29, 1.82) is 0 Å². The molecular formula is C14H18F3NO2S. The highest BCUT2D eigenvalue weighted by Gasteiger charge is 2.37. The van der Waals surface area contributed by atoms with Gasteiger partial charge in [-0.25, -0.2) is 8.42 Å². The number of alkyl halides is 3. The largest absolute Gasteiger partial charge is 0.416 e. The molecule has 0 amide bonds. The van der Waals surface area contributed by atoms with Crippen molar-refractivity contribution >= 4 is 9.84 Å². The Hall–Kier alpha value is -1.08. The maximum absolute atomic E-state index is 13.1. The summed E-state index contributed by atoms with van der Waals surface area (Å²) in [5.41, 5.74) is -0.378. The second-order valence-electron chi connectivity index (χ2n) is 5.41. The summed E-state index contributed by atoms with van der Waals surface area (Å²) < 4.78 is 61.8. The lowest BCUT2D eigenvalue weighted by Gasteiger charge is -2.26. The fourth-order valence-corrected chi connectivity index (χ4v) is 3.34. The van der Waals surface area contributed by atoms with E-state index in [1.165, 1.54) is 12.1 Å². The third kappa shape index (κ3) is 4.20. The van der Waals surface area contributed by atoms with E-state index in [4.69, 9.17) is 0 Å². The Balaban J connectivity index is 2.24. The van der Waals surface area contributed by atoms with E-state index in [9.17, 15) is 21.6 Å². The predicted octanol–water partition coefficient (Wildman–Crippen LogP) is 2.89. The standard InChI is InChI=1S/C14H18F3NO2S/c1-21(19,20)10-9-18-8-4-7-13(18)11-5-2-3-6-12(11)14(15,16)17/h2-3,5-6,13H,4,7-10H2,1H3. The van der Waals surface area contributed by atoms with Crippen molar-refractivity contribution in [2.45, 2.75) is 25.1 Å².